The van der Waals surface area contributed by atoms with Gasteiger partial charge >= 0.3 is 0 Å². The van der Waals surface area contributed by atoms with E-state index in [0.29, 0.717) is 24.8 Å². The van der Waals surface area contributed by atoms with Gasteiger partial charge in [0.1, 0.15) is 5.82 Å². The van der Waals surface area contributed by atoms with E-state index in [9.17, 15) is 4.79 Å². The number of anilines is 1. The molecule has 1 aromatic heterocycles. The van der Waals surface area contributed by atoms with Crippen molar-refractivity contribution in [2.75, 3.05) is 11.9 Å². The minimum Gasteiger partial charge on any atom is -0.370 e. The monoisotopic (exact) mass is 276 g/mol. The summed E-state index contributed by atoms with van der Waals surface area (Å²) in [6, 6.07) is 1.94. The number of carbonyl (C=O) groups excluding carboxylic acids is 1. The van der Waals surface area contributed by atoms with Crippen LogP contribution in [0.15, 0.2) is 23.9 Å². The number of aryl methyl sites for hydroxylation is 1. The second-order valence-electron chi connectivity index (χ2n) is 5.67. The van der Waals surface area contributed by atoms with Crippen LogP contribution in [0.3, 0.4) is 0 Å². The van der Waals surface area contributed by atoms with Crippen molar-refractivity contribution in [1.29, 1.82) is 0 Å². The SMILES string of the molecule is CC1=CCC[C@@H](C)[C@@H]1CNc1ccn(CCC(N)=O)n1. The third kappa shape index (κ3) is 3.85. The number of hydrogen-bond acceptors (Lipinski definition) is 3. The zero-order chi connectivity index (χ0) is 14.5. The Morgan fingerprint density at radius 2 is 2.40 bits per heavy atom. The maximum atomic E-state index is 10.7. The summed E-state index contributed by atoms with van der Waals surface area (Å²) in [6.07, 6.45) is 7.00. The first-order valence-corrected chi connectivity index (χ1v) is 7.28. The molecule has 0 saturated heterocycles. The van der Waals surface area contributed by atoms with Crippen molar-refractivity contribution in [1.82, 2.24) is 9.78 Å². The second-order valence-corrected chi connectivity index (χ2v) is 5.67. The van der Waals surface area contributed by atoms with E-state index in [4.69, 9.17) is 5.73 Å². The highest BCUT2D eigenvalue weighted by Crippen LogP contribution is 2.30. The van der Waals surface area contributed by atoms with E-state index in [1.54, 1.807) is 4.68 Å². The summed E-state index contributed by atoms with van der Waals surface area (Å²) in [6.45, 7) is 5.98. The highest BCUT2D eigenvalue weighted by Gasteiger charge is 2.21. The second kappa shape index (κ2) is 6.59. The maximum Gasteiger partial charge on any atom is 0.219 e. The van der Waals surface area contributed by atoms with Crippen LogP contribution >= 0.6 is 0 Å². The Morgan fingerprint density at radius 3 is 3.10 bits per heavy atom. The summed E-state index contributed by atoms with van der Waals surface area (Å²) in [5.41, 5.74) is 6.61. The van der Waals surface area contributed by atoms with Crippen molar-refractivity contribution in [3.8, 4) is 0 Å². The molecule has 1 amide bonds. The lowest BCUT2D eigenvalue weighted by atomic mass is 9.80. The van der Waals surface area contributed by atoms with Crippen LogP contribution in [0, 0.1) is 11.8 Å². The van der Waals surface area contributed by atoms with E-state index in [1.165, 1.54) is 18.4 Å². The molecule has 0 unspecified atom stereocenters. The molecule has 20 heavy (non-hydrogen) atoms. The fourth-order valence-corrected chi connectivity index (χ4v) is 2.76. The van der Waals surface area contributed by atoms with Gasteiger partial charge in [0.05, 0.1) is 0 Å². The van der Waals surface area contributed by atoms with Crippen molar-refractivity contribution >= 4 is 11.7 Å². The Hall–Kier alpha value is -1.78. The summed E-state index contributed by atoms with van der Waals surface area (Å²) in [5.74, 6) is 1.86. The minimum atomic E-state index is -0.299. The molecule has 1 aliphatic rings. The van der Waals surface area contributed by atoms with Crippen molar-refractivity contribution in [3.63, 3.8) is 0 Å². The lowest BCUT2D eigenvalue weighted by Gasteiger charge is -2.28. The zero-order valence-electron chi connectivity index (χ0n) is 12.3. The molecule has 3 N–H and O–H groups in total. The normalized spacial score (nSPS) is 22.4. The highest BCUT2D eigenvalue weighted by atomic mass is 16.1. The molecular formula is C15H24N4O. The van der Waals surface area contributed by atoms with Crippen LogP contribution in [0.25, 0.3) is 0 Å². The van der Waals surface area contributed by atoms with Gasteiger partial charge in [-0.2, -0.15) is 5.10 Å². The molecule has 1 aromatic rings. The first-order valence-electron chi connectivity index (χ1n) is 7.28. The topological polar surface area (TPSA) is 72.9 Å². The molecule has 5 heteroatoms. The van der Waals surface area contributed by atoms with Gasteiger partial charge in [-0.05, 0) is 31.6 Å². The van der Waals surface area contributed by atoms with E-state index in [1.807, 2.05) is 12.3 Å². The average molecular weight is 276 g/mol. The third-order valence-corrected chi connectivity index (χ3v) is 4.09. The Labute approximate surface area is 120 Å². The van der Waals surface area contributed by atoms with Gasteiger partial charge in [0.15, 0.2) is 0 Å². The van der Waals surface area contributed by atoms with Crippen LogP contribution in [-0.2, 0) is 11.3 Å². The Balaban J connectivity index is 1.86. The number of nitrogens with one attached hydrogen (secondary N) is 1. The van der Waals surface area contributed by atoms with Gasteiger partial charge in [-0.15, -0.1) is 0 Å². The van der Waals surface area contributed by atoms with Crippen LogP contribution in [0.2, 0.25) is 0 Å². The molecule has 0 aliphatic heterocycles. The van der Waals surface area contributed by atoms with E-state index in [0.717, 1.165) is 12.4 Å². The molecular weight excluding hydrogens is 252 g/mol. The number of nitrogens with zero attached hydrogens (tertiary/aromatic N) is 2. The summed E-state index contributed by atoms with van der Waals surface area (Å²) in [7, 11) is 0. The number of aromatic nitrogens is 2. The van der Waals surface area contributed by atoms with Gasteiger partial charge in [0.2, 0.25) is 5.91 Å². The van der Waals surface area contributed by atoms with Crippen LogP contribution in [-0.4, -0.2) is 22.2 Å². The number of carbonyl (C=O) groups is 1. The van der Waals surface area contributed by atoms with E-state index in [2.05, 4.69) is 30.3 Å². The van der Waals surface area contributed by atoms with Gasteiger partial charge in [0.25, 0.3) is 0 Å². The van der Waals surface area contributed by atoms with Crippen molar-refractivity contribution in [2.24, 2.45) is 17.6 Å². The fourth-order valence-electron chi connectivity index (χ4n) is 2.76. The third-order valence-electron chi connectivity index (χ3n) is 4.09. The van der Waals surface area contributed by atoms with Gasteiger partial charge in [-0.3, -0.25) is 9.48 Å². The first-order chi connectivity index (χ1) is 9.56. The number of amides is 1. The number of nitrogens with two attached hydrogens (primary N) is 1. The Kier molecular flexibility index (Phi) is 4.82. The molecule has 0 radical (unpaired) electrons. The molecule has 1 heterocycles. The number of allylic oxidation sites excluding steroid dienone is 1. The van der Waals surface area contributed by atoms with Crippen molar-refractivity contribution < 1.29 is 4.79 Å². The van der Waals surface area contributed by atoms with Gasteiger partial charge in [0, 0.05) is 31.8 Å². The largest absolute Gasteiger partial charge is 0.370 e. The zero-order valence-corrected chi connectivity index (χ0v) is 12.3. The average Bonchev–Trinajstić information content (AvgIpc) is 2.84. The molecule has 0 aromatic carbocycles. The summed E-state index contributed by atoms with van der Waals surface area (Å²) in [5, 5.41) is 7.79. The quantitative estimate of drug-likeness (QED) is 0.782. The van der Waals surface area contributed by atoms with Crippen molar-refractivity contribution in [3.05, 3.63) is 23.9 Å². The van der Waals surface area contributed by atoms with E-state index >= 15 is 0 Å². The predicted octanol–water partition coefficient (Wildman–Crippen LogP) is 2.16. The van der Waals surface area contributed by atoms with Crippen LogP contribution in [0.5, 0.6) is 0 Å². The lowest BCUT2D eigenvalue weighted by molar-refractivity contribution is -0.118. The lowest BCUT2D eigenvalue weighted by Crippen LogP contribution is -2.25. The Bertz CT molecular complexity index is 492. The fraction of sp³-hybridized carbons (Fsp3) is 0.600. The van der Waals surface area contributed by atoms with Gasteiger partial charge in [-0.1, -0.05) is 18.6 Å². The maximum absolute atomic E-state index is 10.7. The number of primary amides is 1. The predicted molar refractivity (Wildman–Crippen MR) is 80.2 cm³/mol. The minimum absolute atomic E-state index is 0.299. The molecule has 2 rings (SSSR count). The number of rotatable bonds is 6. The first kappa shape index (κ1) is 14.6. The molecule has 0 bridgehead atoms. The summed E-state index contributed by atoms with van der Waals surface area (Å²) < 4.78 is 1.75. The molecule has 2 atom stereocenters. The van der Waals surface area contributed by atoms with Gasteiger partial charge < -0.3 is 11.1 Å². The standard InChI is InChI=1S/C15H24N4O/c1-11-4-3-5-12(2)13(11)10-17-15-7-9-19(18-15)8-6-14(16)20/h4,7,9,12-13H,3,5-6,8,10H2,1-2H3,(H2,16,20)(H,17,18)/t12-,13-/m1/s1. The van der Waals surface area contributed by atoms with E-state index in [-0.39, 0.29) is 5.91 Å². The Morgan fingerprint density at radius 1 is 1.60 bits per heavy atom. The highest BCUT2D eigenvalue weighted by molar-refractivity contribution is 5.73. The van der Waals surface area contributed by atoms with Gasteiger partial charge in [-0.25, -0.2) is 0 Å². The van der Waals surface area contributed by atoms with Crippen LogP contribution < -0.4 is 11.1 Å². The molecule has 110 valence electrons. The summed E-state index contributed by atoms with van der Waals surface area (Å²) in [4.78, 5) is 10.7. The van der Waals surface area contributed by atoms with Crippen LogP contribution in [0.1, 0.15) is 33.1 Å². The summed E-state index contributed by atoms with van der Waals surface area (Å²) >= 11 is 0. The molecule has 0 saturated carbocycles. The van der Waals surface area contributed by atoms with Crippen LogP contribution in [0.4, 0.5) is 5.82 Å². The molecule has 1 aliphatic carbocycles. The molecule has 0 fully saturated rings. The smallest absolute Gasteiger partial charge is 0.219 e. The molecule has 5 nitrogen and oxygen atoms in total. The van der Waals surface area contributed by atoms with E-state index < -0.39 is 0 Å². The molecule has 0 spiro atoms. The number of hydrogen-bond donors (Lipinski definition) is 2. The van der Waals surface area contributed by atoms with Crippen molar-refractivity contribution in [2.45, 2.75) is 39.7 Å².